The molecule has 0 amide bonds. The first kappa shape index (κ1) is 91.7. The summed E-state index contributed by atoms with van der Waals surface area (Å²) in [5.74, 6) is -2.00. The van der Waals surface area contributed by atoms with Crippen LogP contribution in [0, 0.1) is 0 Å². The maximum Gasteiger partial charge on any atom is 0.361 e. The van der Waals surface area contributed by atoms with Gasteiger partial charge in [-0.3, -0.25) is 9.59 Å². The van der Waals surface area contributed by atoms with Gasteiger partial charge in [-0.2, -0.15) is 0 Å². The van der Waals surface area contributed by atoms with Crippen LogP contribution in [0.15, 0.2) is 122 Å². The fourth-order valence-electron chi connectivity index (χ4n) is 11.4. The fourth-order valence-corrected chi connectivity index (χ4v) is 11.4. The molecular weight excluding hydrogens is 1190 g/mol. The molecule has 9 heteroatoms. The number of allylic oxidation sites excluding steroid dienone is 20. The van der Waals surface area contributed by atoms with Gasteiger partial charge in [0.1, 0.15) is 13.2 Å². The van der Waals surface area contributed by atoms with Crippen LogP contribution in [0.5, 0.6) is 0 Å². The van der Waals surface area contributed by atoms with Crippen LogP contribution in [0.4, 0.5) is 0 Å². The molecule has 1 N–H and O–H groups in total. The number of esters is 2. The van der Waals surface area contributed by atoms with Crippen LogP contribution in [0.3, 0.4) is 0 Å². The van der Waals surface area contributed by atoms with E-state index in [2.05, 4.69) is 135 Å². The Morgan fingerprint density at radius 2 is 0.594 bits per heavy atom. The van der Waals surface area contributed by atoms with Gasteiger partial charge in [-0.15, -0.1) is 0 Å². The van der Waals surface area contributed by atoms with Crippen LogP contribution in [0.2, 0.25) is 0 Å². The summed E-state index contributed by atoms with van der Waals surface area (Å²) >= 11 is 0. The van der Waals surface area contributed by atoms with Crippen molar-refractivity contribution < 1.29 is 42.9 Å². The summed E-state index contributed by atoms with van der Waals surface area (Å²) in [6.45, 7) is 4.80. The van der Waals surface area contributed by atoms with Gasteiger partial charge in [-0.25, -0.2) is 4.79 Å². The molecule has 2 unspecified atom stereocenters. The lowest BCUT2D eigenvalue weighted by molar-refractivity contribution is -0.870. The predicted molar refractivity (Wildman–Crippen MR) is 415 cm³/mol. The van der Waals surface area contributed by atoms with Crippen molar-refractivity contribution in [3.63, 3.8) is 0 Å². The van der Waals surface area contributed by atoms with E-state index in [4.69, 9.17) is 18.9 Å². The van der Waals surface area contributed by atoms with Gasteiger partial charge < -0.3 is 28.5 Å². The van der Waals surface area contributed by atoms with E-state index in [0.717, 1.165) is 109 Å². The Balaban J connectivity index is 4.07. The zero-order valence-electron chi connectivity index (χ0n) is 63.3. The van der Waals surface area contributed by atoms with Gasteiger partial charge in [0.05, 0.1) is 34.4 Å². The zero-order chi connectivity index (χ0) is 69.7. The average Bonchev–Trinajstić information content (AvgIpc) is 2.59. The summed E-state index contributed by atoms with van der Waals surface area (Å²) < 4.78 is 23.0. The van der Waals surface area contributed by atoms with Crippen molar-refractivity contribution in [3.8, 4) is 0 Å². The molecule has 0 heterocycles. The minimum Gasteiger partial charge on any atom is -0.477 e. The first-order valence-corrected chi connectivity index (χ1v) is 40.2. The molecule has 96 heavy (non-hydrogen) atoms. The highest BCUT2D eigenvalue weighted by molar-refractivity contribution is 5.71. The number of carbonyl (C=O) groups is 3. The molecule has 2 atom stereocenters. The molecule has 9 nitrogen and oxygen atoms in total. The number of likely N-dealkylation sites (N-methyl/N-ethyl adjacent to an activating group) is 1. The van der Waals surface area contributed by atoms with Gasteiger partial charge in [0.2, 0.25) is 0 Å². The Labute approximate surface area is 593 Å². The Hall–Kier alpha value is -4.31. The third-order valence-corrected chi connectivity index (χ3v) is 17.5. The number of ether oxygens (including phenoxy) is 4. The molecule has 0 rings (SSSR count). The second-order valence-corrected chi connectivity index (χ2v) is 28.0. The smallest absolute Gasteiger partial charge is 0.361 e. The van der Waals surface area contributed by atoms with Crippen LogP contribution in [-0.2, 0) is 33.3 Å². The van der Waals surface area contributed by atoms with E-state index in [1.165, 1.54) is 212 Å². The van der Waals surface area contributed by atoms with Crippen molar-refractivity contribution in [1.29, 1.82) is 0 Å². The Morgan fingerprint density at radius 1 is 0.323 bits per heavy atom. The summed E-state index contributed by atoms with van der Waals surface area (Å²) in [5, 5.41) is 9.77. The number of hydrogen-bond donors (Lipinski definition) is 1. The molecule has 552 valence electrons. The van der Waals surface area contributed by atoms with Crippen molar-refractivity contribution in [2.75, 3.05) is 47.5 Å². The molecule has 0 aromatic rings. The van der Waals surface area contributed by atoms with Crippen LogP contribution in [-0.4, -0.2) is 87.4 Å². The Bertz CT molecular complexity index is 2000. The molecule has 0 aromatic carbocycles. The van der Waals surface area contributed by atoms with Crippen LogP contribution < -0.4 is 0 Å². The van der Waals surface area contributed by atoms with Gasteiger partial charge >= 0.3 is 17.9 Å². The minimum atomic E-state index is -1.52. The molecule has 0 fully saturated rings. The second-order valence-electron chi connectivity index (χ2n) is 28.0. The molecule has 0 saturated heterocycles. The first-order valence-electron chi connectivity index (χ1n) is 40.2. The third-order valence-electron chi connectivity index (χ3n) is 17.5. The topological polar surface area (TPSA) is 108 Å². The van der Waals surface area contributed by atoms with Gasteiger partial charge in [0.15, 0.2) is 6.10 Å². The standard InChI is InChI=1S/C87H151NO8/c1-6-8-10-12-14-16-18-20-22-24-26-28-30-32-34-36-38-39-40-41-42-43-44-45-46-47-48-50-52-54-56-58-60-62-64-66-68-70-72-74-76-78-85(90)96-83(82-95-87(86(91)92)93-80-79-88(3,4)5)81-94-84(89)77-75-73-71-69-67-65-63-61-59-57-55-53-51-49-37-35-33-31-29-27-25-23-21-19-17-15-13-11-9-7-2/h8,10,14,16,20,22,26,28,32,34,38-39,41-42,44-45,47-48,52,54,83,87H,6-7,9,11-13,15,17-19,21,23-25,27,29-31,33,35-37,40,43,46,49-51,53,55-82H2,1-5H3/p+1/b10-8-,16-14-,22-20-,28-26-,34-32-,39-38-,42-41-,45-44-,48-47-,54-52-. The highest BCUT2D eigenvalue weighted by Crippen LogP contribution is 2.19. The van der Waals surface area contributed by atoms with Crippen LogP contribution in [0.25, 0.3) is 0 Å². The number of nitrogens with zero attached hydrogens (tertiary/aromatic N) is 1. The molecule has 0 bridgehead atoms. The fraction of sp³-hybridized carbons (Fsp3) is 0.736. The summed E-state index contributed by atoms with van der Waals surface area (Å²) in [7, 11) is 5.98. The Kier molecular flexibility index (Phi) is 73.0. The highest BCUT2D eigenvalue weighted by Gasteiger charge is 2.25. The lowest BCUT2D eigenvalue weighted by Crippen LogP contribution is -2.40. The van der Waals surface area contributed by atoms with Crippen molar-refractivity contribution in [2.45, 2.75) is 367 Å². The number of aliphatic carboxylic acids is 1. The van der Waals surface area contributed by atoms with Gasteiger partial charge in [0.25, 0.3) is 6.29 Å². The van der Waals surface area contributed by atoms with Gasteiger partial charge in [-0.05, 0) is 89.9 Å². The van der Waals surface area contributed by atoms with E-state index in [9.17, 15) is 19.5 Å². The largest absolute Gasteiger partial charge is 0.477 e. The molecule has 0 radical (unpaired) electrons. The summed E-state index contributed by atoms with van der Waals surface area (Å²) in [6.07, 6.45) is 106. The number of carboxylic acid groups (broad SMARTS) is 1. The molecule has 0 spiro atoms. The van der Waals surface area contributed by atoms with Gasteiger partial charge in [0, 0.05) is 12.8 Å². The maximum atomic E-state index is 13.0. The average molecular weight is 1340 g/mol. The lowest BCUT2D eigenvalue weighted by atomic mass is 10.0. The van der Waals surface area contributed by atoms with E-state index in [-0.39, 0.29) is 32.2 Å². The summed E-state index contributed by atoms with van der Waals surface area (Å²) in [6, 6.07) is 0. The van der Waals surface area contributed by atoms with Crippen molar-refractivity contribution in [1.82, 2.24) is 0 Å². The second kappa shape index (κ2) is 76.4. The normalized spacial score (nSPS) is 13.3. The SMILES string of the molecule is CC/C=C\C/C=C\C/C=C\C/C=C\C/C=C\C/C=C\C/C=C\C/C=C\C/C=C\C/C=C\CCCCCCCCCCCCC(=O)OC(COC(=O)CCCCCCCCCCCCCCCCCCCCCCCCCCCCCCCC)COC(OCC[N+](C)(C)C)C(=O)O. The highest BCUT2D eigenvalue weighted by atomic mass is 16.7. The van der Waals surface area contributed by atoms with E-state index in [1.807, 2.05) is 21.1 Å². The summed E-state index contributed by atoms with van der Waals surface area (Å²) in [4.78, 5) is 37.7. The third kappa shape index (κ3) is 77.0. The Morgan fingerprint density at radius 3 is 0.885 bits per heavy atom. The van der Waals surface area contributed by atoms with E-state index < -0.39 is 24.3 Å². The van der Waals surface area contributed by atoms with Crippen molar-refractivity contribution in [2.24, 2.45) is 0 Å². The number of carbonyl (C=O) groups excluding carboxylic acids is 2. The summed E-state index contributed by atoms with van der Waals surface area (Å²) in [5.41, 5.74) is 0. The number of rotatable bonds is 74. The monoisotopic (exact) mass is 1340 g/mol. The number of quaternary nitrogens is 1. The number of hydrogen-bond acceptors (Lipinski definition) is 7. The number of unbranched alkanes of at least 4 members (excludes halogenated alkanes) is 39. The van der Waals surface area contributed by atoms with Gasteiger partial charge in [-0.1, -0.05) is 373 Å². The van der Waals surface area contributed by atoms with Crippen molar-refractivity contribution >= 4 is 17.9 Å². The predicted octanol–water partition coefficient (Wildman–Crippen LogP) is 25.9. The zero-order valence-corrected chi connectivity index (χ0v) is 63.3. The van der Waals surface area contributed by atoms with Crippen LogP contribution in [0.1, 0.15) is 354 Å². The van der Waals surface area contributed by atoms with E-state index in [0.29, 0.717) is 23.9 Å². The maximum absolute atomic E-state index is 13.0. The molecule has 0 aliphatic rings. The molecule has 0 aliphatic carbocycles. The van der Waals surface area contributed by atoms with E-state index in [1.54, 1.807) is 0 Å². The molecule has 0 aromatic heterocycles. The van der Waals surface area contributed by atoms with E-state index >= 15 is 0 Å². The molecule has 0 saturated carbocycles. The molecular formula is C87H152NO8+. The molecule has 0 aliphatic heterocycles. The number of carboxylic acids is 1. The van der Waals surface area contributed by atoms with Crippen LogP contribution >= 0.6 is 0 Å². The minimum absolute atomic E-state index is 0.184. The first-order chi connectivity index (χ1) is 47.1. The lowest BCUT2D eigenvalue weighted by Gasteiger charge is -2.25. The quantitative estimate of drug-likeness (QED) is 0.0211. The van der Waals surface area contributed by atoms with Crippen molar-refractivity contribution in [3.05, 3.63) is 122 Å².